The van der Waals surface area contributed by atoms with Gasteiger partial charge in [-0.15, -0.1) is 0 Å². The molecule has 0 radical (unpaired) electrons. The van der Waals surface area contributed by atoms with Crippen molar-refractivity contribution in [2.45, 2.75) is 0 Å². The molecule has 0 spiro atoms. The van der Waals surface area contributed by atoms with Crippen LogP contribution in [0.3, 0.4) is 0 Å². The lowest BCUT2D eigenvalue weighted by atomic mass is 10.2. The van der Waals surface area contributed by atoms with Crippen LogP contribution >= 0.6 is 22.6 Å². The number of rotatable bonds is 4. The van der Waals surface area contributed by atoms with Crippen LogP contribution in [0.2, 0.25) is 0 Å². The summed E-state index contributed by atoms with van der Waals surface area (Å²) in [6.45, 7) is -0.1000. The standard InChI is InChI=1S/C15H11IN2O3/c16-11-6-5-10(9-13(11)19)15(20)18-12-3-1-2-4-14(12)21-8-7-17/h1-6,9,19H,8H2,(H,18,20). The van der Waals surface area contributed by atoms with E-state index < -0.39 is 0 Å². The number of amides is 1. The molecule has 1 amide bonds. The van der Waals surface area contributed by atoms with E-state index in [2.05, 4.69) is 5.32 Å². The summed E-state index contributed by atoms with van der Waals surface area (Å²) in [5, 5.41) is 20.9. The Labute approximate surface area is 135 Å². The third kappa shape index (κ3) is 3.86. The number of phenols is 1. The molecule has 0 saturated carbocycles. The molecule has 0 unspecified atom stereocenters. The molecule has 0 aliphatic heterocycles. The van der Waals surface area contributed by atoms with Crippen LogP contribution < -0.4 is 10.1 Å². The Morgan fingerprint density at radius 3 is 2.81 bits per heavy atom. The van der Waals surface area contributed by atoms with Gasteiger partial charge in [0.15, 0.2) is 6.61 Å². The van der Waals surface area contributed by atoms with Gasteiger partial charge in [-0.05, 0) is 52.9 Å². The fourth-order valence-corrected chi connectivity index (χ4v) is 1.99. The minimum absolute atomic E-state index is 0.0530. The highest BCUT2D eigenvalue weighted by Gasteiger charge is 2.11. The van der Waals surface area contributed by atoms with E-state index in [0.717, 1.165) is 0 Å². The molecule has 0 aliphatic carbocycles. The van der Waals surface area contributed by atoms with Gasteiger partial charge < -0.3 is 15.2 Å². The highest BCUT2D eigenvalue weighted by molar-refractivity contribution is 14.1. The van der Waals surface area contributed by atoms with Crippen molar-refractivity contribution in [2.75, 3.05) is 11.9 Å². The largest absolute Gasteiger partial charge is 0.507 e. The van der Waals surface area contributed by atoms with Crippen LogP contribution in [0.4, 0.5) is 5.69 Å². The van der Waals surface area contributed by atoms with Gasteiger partial charge in [-0.3, -0.25) is 4.79 Å². The smallest absolute Gasteiger partial charge is 0.255 e. The summed E-state index contributed by atoms with van der Waals surface area (Å²) < 4.78 is 5.91. The summed E-state index contributed by atoms with van der Waals surface area (Å²) in [7, 11) is 0. The molecule has 2 rings (SSSR count). The van der Waals surface area contributed by atoms with E-state index in [1.54, 1.807) is 36.4 Å². The highest BCUT2D eigenvalue weighted by Crippen LogP contribution is 2.25. The number of carbonyl (C=O) groups is 1. The molecular formula is C15H11IN2O3. The lowest BCUT2D eigenvalue weighted by molar-refractivity contribution is 0.102. The van der Waals surface area contributed by atoms with Gasteiger partial charge in [0.2, 0.25) is 0 Å². The second-order valence-corrected chi connectivity index (χ2v) is 5.23. The topological polar surface area (TPSA) is 82.3 Å². The lowest BCUT2D eigenvalue weighted by Crippen LogP contribution is -2.13. The first-order valence-electron chi connectivity index (χ1n) is 6.00. The first kappa shape index (κ1) is 15.1. The number of nitrogens with one attached hydrogen (secondary N) is 1. The maximum atomic E-state index is 12.2. The van der Waals surface area contributed by atoms with Crippen molar-refractivity contribution < 1.29 is 14.6 Å². The molecule has 6 heteroatoms. The fourth-order valence-electron chi connectivity index (χ4n) is 1.65. The third-order valence-electron chi connectivity index (χ3n) is 2.64. The molecule has 0 heterocycles. The Morgan fingerprint density at radius 1 is 1.33 bits per heavy atom. The van der Waals surface area contributed by atoms with E-state index in [1.807, 2.05) is 28.7 Å². The number of carbonyl (C=O) groups excluding carboxylic acids is 1. The minimum atomic E-state index is -0.366. The number of para-hydroxylation sites is 2. The molecule has 2 N–H and O–H groups in total. The zero-order valence-electron chi connectivity index (χ0n) is 10.8. The molecule has 0 saturated heterocycles. The number of hydrogen-bond acceptors (Lipinski definition) is 4. The zero-order chi connectivity index (χ0) is 15.2. The van der Waals surface area contributed by atoms with Crippen molar-refractivity contribution >= 4 is 34.2 Å². The average molecular weight is 394 g/mol. The summed E-state index contributed by atoms with van der Waals surface area (Å²) >= 11 is 1.98. The van der Waals surface area contributed by atoms with E-state index >= 15 is 0 Å². The van der Waals surface area contributed by atoms with Crippen molar-refractivity contribution in [1.29, 1.82) is 5.26 Å². The number of hydrogen-bond donors (Lipinski definition) is 2. The summed E-state index contributed by atoms with van der Waals surface area (Å²) in [6.07, 6.45) is 0. The molecule has 5 nitrogen and oxygen atoms in total. The number of phenolic OH excluding ortho intramolecular Hbond substituents is 1. The molecule has 0 aromatic heterocycles. The molecule has 0 atom stereocenters. The van der Waals surface area contributed by atoms with Crippen LogP contribution in [0, 0.1) is 14.9 Å². The number of benzene rings is 2. The molecule has 0 fully saturated rings. The number of aromatic hydroxyl groups is 1. The first-order chi connectivity index (χ1) is 10.1. The lowest BCUT2D eigenvalue weighted by Gasteiger charge is -2.11. The Balaban J connectivity index is 2.19. The van der Waals surface area contributed by atoms with E-state index in [1.165, 1.54) is 6.07 Å². The molecule has 21 heavy (non-hydrogen) atoms. The molecule has 2 aromatic carbocycles. The van der Waals surface area contributed by atoms with Crippen molar-refractivity contribution in [1.82, 2.24) is 0 Å². The first-order valence-corrected chi connectivity index (χ1v) is 7.08. The summed E-state index contributed by atoms with van der Waals surface area (Å²) in [6, 6.07) is 13.4. The number of nitriles is 1. The van der Waals surface area contributed by atoms with E-state index in [4.69, 9.17) is 10.00 Å². The maximum absolute atomic E-state index is 12.2. The Bertz CT molecular complexity index is 710. The molecule has 106 valence electrons. The van der Waals surface area contributed by atoms with Crippen LogP contribution in [0.5, 0.6) is 11.5 Å². The van der Waals surface area contributed by atoms with Crippen LogP contribution in [-0.4, -0.2) is 17.6 Å². The second-order valence-electron chi connectivity index (χ2n) is 4.06. The van der Waals surface area contributed by atoms with Gasteiger partial charge in [-0.2, -0.15) is 5.26 Å². The number of anilines is 1. The predicted octanol–water partition coefficient (Wildman–Crippen LogP) is 3.15. The van der Waals surface area contributed by atoms with Crippen LogP contribution in [-0.2, 0) is 0 Å². The number of ether oxygens (including phenoxy) is 1. The van der Waals surface area contributed by atoms with E-state index in [-0.39, 0.29) is 18.3 Å². The predicted molar refractivity (Wildman–Crippen MR) is 86.3 cm³/mol. The van der Waals surface area contributed by atoms with Gasteiger partial charge in [0.25, 0.3) is 5.91 Å². The Morgan fingerprint density at radius 2 is 2.10 bits per heavy atom. The van der Waals surface area contributed by atoms with Crippen LogP contribution in [0.15, 0.2) is 42.5 Å². The second kappa shape index (κ2) is 6.95. The number of nitrogens with zero attached hydrogens (tertiary/aromatic N) is 1. The minimum Gasteiger partial charge on any atom is -0.507 e. The summed E-state index contributed by atoms with van der Waals surface area (Å²) in [4.78, 5) is 12.2. The fraction of sp³-hybridized carbons (Fsp3) is 0.0667. The highest BCUT2D eigenvalue weighted by atomic mass is 127. The molecular weight excluding hydrogens is 383 g/mol. The molecule has 0 aliphatic rings. The van der Waals surface area contributed by atoms with E-state index in [0.29, 0.717) is 20.6 Å². The van der Waals surface area contributed by atoms with Gasteiger partial charge in [-0.1, -0.05) is 12.1 Å². The average Bonchev–Trinajstić information content (AvgIpc) is 2.49. The van der Waals surface area contributed by atoms with Gasteiger partial charge in [-0.25, -0.2) is 0 Å². The number of halogens is 1. The van der Waals surface area contributed by atoms with Crippen LogP contribution in [0.1, 0.15) is 10.4 Å². The maximum Gasteiger partial charge on any atom is 0.255 e. The van der Waals surface area contributed by atoms with Crippen molar-refractivity contribution in [3.63, 3.8) is 0 Å². The molecule has 2 aromatic rings. The van der Waals surface area contributed by atoms with E-state index in [9.17, 15) is 9.90 Å². The molecule has 0 bridgehead atoms. The summed E-state index contributed by atoms with van der Waals surface area (Å²) in [5.41, 5.74) is 0.804. The third-order valence-corrected chi connectivity index (χ3v) is 3.55. The summed E-state index contributed by atoms with van der Waals surface area (Å²) in [5.74, 6) is 0.106. The zero-order valence-corrected chi connectivity index (χ0v) is 13.0. The SMILES string of the molecule is N#CCOc1ccccc1NC(=O)c1ccc(I)c(O)c1. The Kier molecular flexibility index (Phi) is 5.00. The van der Waals surface area contributed by atoms with Crippen LogP contribution in [0.25, 0.3) is 0 Å². The van der Waals surface area contributed by atoms with Crippen molar-refractivity contribution in [3.8, 4) is 17.6 Å². The van der Waals surface area contributed by atoms with Crippen molar-refractivity contribution in [3.05, 3.63) is 51.6 Å². The van der Waals surface area contributed by atoms with Gasteiger partial charge in [0.1, 0.15) is 17.6 Å². The van der Waals surface area contributed by atoms with Crippen molar-refractivity contribution in [2.24, 2.45) is 0 Å². The van der Waals surface area contributed by atoms with Gasteiger partial charge >= 0.3 is 0 Å². The van der Waals surface area contributed by atoms with Gasteiger partial charge in [0.05, 0.1) is 9.26 Å². The monoisotopic (exact) mass is 394 g/mol. The Hall–Kier alpha value is -2.27. The quantitative estimate of drug-likeness (QED) is 0.781. The normalized spacial score (nSPS) is 9.71. The van der Waals surface area contributed by atoms with Gasteiger partial charge in [0, 0.05) is 5.56 Å².